The van der Waals surface area contributed by atoms with Crippen molar-refractivity contribution < 1.29 is 10.2 Å². The van der Waals surface area contributed by atoms with Crippen LogP contribution in [0.15, 0.2) is 36.7 Å². The van der Waals surface area contributed by atoms with E-state index in [1.165, 1.54) is 0 Å². The molecule has 0 radical (unpaired) electrons. The molecule has 100 valence electrons. The van der Waals surface area contributed by atoms with E-state index in [4.69, 9.17) is 10.5 Å². The minimum absolute atomic E-state index is 0.0577. The zero-order valence-corrected chi connectivity index (χ0v) is 11.0. The lowest BCUT2D eigenvalue weighted by Crippen LogP contribution is -2.70. The summed E-state index contributed by atoms with van der Waals surface area (Å²) in [6.07, 6.45) is 3.42. The predicted molar refractivity (Wildman–Crippen MR) is 74.8 cm³/mol. The van der Waals surface area contributed by atoms with Crippen LogP contribution in [0.4, 0.5) is 11.4 Å². The number of hydrogen-bond donors (Lipinski definition) is 2. The molecule has 0 amide bonds. The van der Waals surface area contributed by atoms with Crippen molar-refractivity contribution in [2.24, 2.45) is 0 Å². The van der Waals surface area contributed by atoms with Gasteiger partial charge in [0.15, 0.2) is 5.69 Å². The third-order valence-corrected chi connectivity index (χ3v) is 2.67. The Bertz CT molecular complexity index is 570. The van der Waals surface area contributed by atoms with E-state index >= 15 is 0 Å². The van der Waals surface area contributed by atoms with Crippen molar-refractivity contribution in [2.75, 3.05) is 5.73 Å². The number of anilines is 1. The number of pyridine rings is 1. The van der Waals surface area contributed by atoms with Crippen LogP contribution in [-0.4, -0.2) is 11.1 Å². The number of aromatic nitrogens is 1. The minimum Gasteiger partial charge on any atom is -0.630 e. The third kappa shape index (κ3) is 3.01. The fraction of sp³-hybridized carbons (Fsp3) is 0.214. The van der Waals surface area contributed by atoms with Gasteiger partial charge in [0, 0.05) is 17.8 Å². The van der Waals surface area contributed by atoms with Crippen LogP contribution in [-0.2, 0) is 0 Å². The molecule has 5 heteroatoms. The first-order valence-electron chi connectivity index (χ1n) is 6.07. The highest BCUT2D eigenvalue weighted by Crippen LogP contribution is 2.32. The average molecular weight is 259 g/mol. The first-order chi connectivity index (χ1) is 9.11. The lowest BCUT2D eigenvalue weighted by molar-refractivity contribution is -0.496. The van der Waals surface area contributed by atoms with Crippen LogP contribution in [0.25, 0.3) is 11.1 Å². The van der Waals surface area contributed by atoms with E-state index in [1.807, 2.05) is 26.0 Å². The normalized spacial score (nSPS) is 10.7. The molecular formula is C14H17N3O2. The Labute approximate surface area is 112 Å². The molecule has 1 aromatic heterocycles. The molecule has 0 unspecified atom stereocenters. The first kappa shape index (κ1) is 13.3. The molecular weight excluding hydrogens is 242 g/mol. The number of ether oxygens (including phenoxy) is 1. The quantitative estimate of drug-likeness (QED) is 0.647. The summed E-state index contributed by atoms with van der Waals surface area (Å²) in [7, 11) is 0. The highest BCUT2D eigenvalue weighted by atomic mass is 16.5. The molecule has 4 N–H and O–H groups in total. The Morgan fingerprint density at radius 3 is 2.79 bits per heavy atom. The summed E-state index contributed by atoms with van der Waals surface area (Å²) in [5.41, 5.74) is 9.20. The molecule has 5 nitrogen and oxygen atoms in total. The van der Waals surface area contributed by atoms with Crippen molar-refractivity contribution in [3.8, 4) is 16.9 Å². The van der Waals surface area contributed by atoms with E-state index in [0.29, 0.717) is 17.1 Å². The van der Waals surface area contributed by atoms with Gasteiger partial charge in [-0.1, -0.05) is 6.07 Å². The molecule has 0 aliphatic carbocycles. The van der Waals surface area contributed by atoms with Crippen molar-refractivity contribution in [3.05, 3.63) is 41.9 Å². The first-order valence-corrected chi connectivity index (χ1v) is 6.07. The maximum absolute atomic E-state index is 10.9. The lowest BCUT2D eigenvalue weighted by atomic mass is 10.0. The summed E-state index contributed by atoms with van der Waals surface area (Å²) in [4.78, 5) is 4.06. The van der Waals surface area contributed by atoms with E-state index in [0.717, 1.165) is 16.6 Å². The van der Waals surface area contributed by atoms with E-state index in [1.54, 1.807) is 24.5 Å². The molecule has 0 aliphatic rings. The molecule has 0 fully saturated rings. The smallest absolute Gasteiger partial charge is 0.153 e. The minimum atomic E-state index is 0.0577. The topological polar surface area (TPSA) is 87.8 Å². The van der Waals surface area contributed by atoms with Gasteiger partial charge in [0.05, 0.1) is 18.0 Å². The van der Waals surface area contributed by atoms with Gasteiger partial charge in [-0.05, 0) is 31.5 Å². The number of nitrogen functional groups attached to an aromatic ring is 1. The molecule has 0 atom stereocenters. The summed E-state index contributed by atoms with van der Waals surface area (Å²) < 4.78 is 5.72. The Kier molecular flexibility index (Phi) is 3.99. The fourth-order valence-electron chi connectivity index (χ4n) is 1.81. The van der Waals surface area contributed by atoms with Gasteiger partial charge in [0.2, 0.25) is 0 Å². The number of hydrogen-bond acceptors (Lipinski definition) is 4. The van der Waals surface area contributed by atoms with Crippen LogP contribution in [0.1, 0.15) is 13.8 Å². The largest absolute Gasteiger partial charge is 0.630 e. The van der Waals surface area contributed by atoms with Gasteiger partial charge in [0.25, 0.3) is 0 Å². The van der Waals surface area contributed by atoms with Gasteiger partial charge in [-0.15, -0.1) is 0 Å². The van der Waals surface area contributed by atoms with Crippen LogP contribution in [0.3, 0.4) is 0 Å². The zero-order valence-electron chi connectivity index (χ0n) is 11.0. The molecule has 1 aromatic carbocycles. The van der Waals surface area contributed by atoms with Crippen molar-refractivity contribution in [1.29, 1.82) is 0 Å². The lowest BCUT2D eigenvalue weighted by Gasteiger charge is -2.14. The van der Waals surface area contributed by atoms with E-state index in [2.05, 4.69) is 4.98 Å². The molecule has 0 saturated heterocycles. The van der Waals surface area contributed by atoms with Gasteiger partial charge in [-0.2, -0.15) is 0 Å². The summed E-state index contributed by atoms with van der Waals surface area (Å²) in [5.74, 6) is 0.694. The maximum Gasteiger partial charge on any atom is 0.153 e. The van der Waals surface area contributed by atoms with Crippen LogP contribution in [0.5, 0.6) is 5.75 Å². The predicted octanol–water partition coefficient (Wildman–Crippen LogP) is 1.81. The Morgan fingerprint density at radius 2 is 2.11 bits per heavy atom. The van der Waals surface area contributed by atoms with Crippen molar-refractivity contribution >= 4 is 11.4 Å². The van der Waals surface area contributed by atoms with Gasteiger partial charge >= 0.3 is 0 Å². The van der Waals surface area contributed by atoms with Crippen LogP contribution < -0.4 is 16.0 Å². The maximum atomic E-state index is 10.9. The third-order valence-electron chi connectivity index (χ3n) is 2.67. The second-order valence-electron chi connectivity index (χ2n) is 4.50. The molecule has 1 heterocycles. The number of rotatable bonds is 4. The number of nitrogens with two attached hydrogens (primary N) is 2. The highest BCUT2D eigenvalue weighted by molar-refractivity contribution is 5.75. The summed E-state index contributed by atoms with van der Waals surface area (Å²) >= 11 is 0. The van der Waals surface area contributed by atoms with E-state index in [9.17, 15) is 5.21 Å². The summed E-state index contributed by atoms with van der Waals surface area (Å²) in [6.45, 7) is 3.91. The van der Waals surface area contributed by atoms with Gasteiger partial charge in [0.1, 0.15) is 5.75 Å². The average Bonchev–Trinajstić information content (AvgIpc) is 2.39. The van der Waals surface area contributed by atoms with Gasteiger partial charge < -0.3 is 21.2 Å². The van der Waals surface area contributed by atoms with Crippen LogP contribution in [0.2, 0.25) is 0 Å². The standard InChI is InChI=1S/C14H17N3O2/c1-9(2)19-14-8-16-6-5-11(14)10-3-4-12(15)13(7-10)17-18/h3-9H,15,17H2,1-2H3. The number of quaternary nitrogens is 1. The molecule has 0 saturated carbocycles. The van der Waals surface area contributed by atoms with Crippen LogP contribution >= 0.6 is 0 Å². The Balaban J connectivity index is 2.46. The molecule has 2 rings (SSSR count). The van der Waals surface area contributed by atoms with Crippen molar-refractivity contribution in [1.82, 2.24) is 4.98 Å². The molecule has 19 heavy (non-hydrogen) atoms. The van der Waals surface area contributed by atoms with Crippen LogP contribution in [0, 0.1) is 5.21 Å². The molecule has 2 aromatic rings. The monoisotopic (exact) mass is 259 g/mol. The van der Waals surface area contributed by atoms with Crippen molar-refractivity contribution in [2.45, 2.75) is 20.0 Å². The zero-order chi connectivity index (χ0) is 13.8. The van der Waals surface area contributed by atoms with E-state index in [-0.39, 0.29) is 6.10 Å². The second kappa shape index (κ2) is 5.69. The molecule has 0 spiro atoms. The number of benzene rings is 1. The highest BCUT2D eigenvalue weighted by Gasteiger charge is 2.10. The summed E-state index contributed by atoms with van der Waals surface area (Å²) in [5, 5.41) is 10.9. The molecule has 0 bridgehead atoms. The van der Waals surface area contributed by atoms with Gasteiger partial charge in [-0.3, -0.25) is 4.98 Å². The fourth-order valence-corrected chi connectivity index (χ4v) is 1.81. The van der Waals surface area contributed by atoms with E-state index < -0.39 is 0 Å². The Hall–Kier alpha value is -2.11. The SMILES string of the molecule is CC(C)Oc1cnccc1-c1ccc(N)c([NH2+][O-])c1. The second-order valence-corrected chi connectivity index (χ2v) is 4.50. The van der Waals surface area contributed by atoms with Crippen molar-refractivity contribution in [3.63, 3.8) is 0 Å². The Morgan fingerprint density at radius 1 is 1.32 bits per heavy atom. The van der Waals surface area contributed by atoms with Gasteiger partial charge in [-0.25, -0.2) is 0 Å². The molecule has 0 aliphatic heterocycles. The number of nitrogens with zero attached hydrogens (tertiary/aromatic N) is 1. The summed E-state index contributed by atoms with van der Waals surface area (Å²) in [6, 6.07) is 7.20.